The molecular weight excluding hydrogens is 546 g/mol. The van der Waals surface area contributed by atoms with Gasteiger partial charge in [-0.15, -0.1) is 0 Å². The highest BCUT2D eigenvalue weighted by molar-refractivity contribution is 6.43. The molecule has 190 valence electrons. The monoisotopic (exact) mass is 562 g/mol. The van der Waals surface area contributed by atoms with E-state index in [9.17, 15) is 18.8 Å². The lowest BCUT2D eigenvalue weighted by molar-refractivity contribution is -0.122. The molecule has 1 aliphatic heterocycles. The Morgan fingerprint density at radius 3 is 2.32 bits per heavy atom. The van der Waals surface area contributed by atoms with Crippen molar-refractivity contribution in [1.82, 2.24) is 5.32 Å². The second kappa shape index (κ2) is 11.2. The highest BCUT2D eigenvalue weighted by Crippen LogP contribution is 2.38. The SMILES string of the molecule is CCOc1cc(/C=C2\C(=O)NC(=O)N(c3ccc(Cl)c(Cl)c3)C2=O)cc(Cl)c1OCc1ccc(F)cc1. The molecule has 4 amide bonds. The van der Waals surface area contributed by atoms with Crippen LogP contribution in [0.1, 0.15) is 18.1 Å². The van der Waals surface area contributed by atoms with E-state index in [1.54, 1.807) is 25.1 Å². The minimum atomic E-state index is -0.928. The number of halogens is 4. The standard InChI is InChI=1S/C26H18Cl3FN2O5/c1-2-36-22-11-15(10-21(29)23(22)37-13-14-3-5-16(30)6-4-14)9-18-24(33)31-26(35)32(25(18)34)17-7-8-19(27)20(28)12-17/h3-12H,2,13H2,1H3,(H,31,33,35)/b18-9+. The first-order chi connectivity index (χ1) is 17.7. The van der Waals surface area contributed by atoms with Crippen LogP contribution >= 0.6 is 34.8 Å². The highest BCUT2D eigenvalue weighted by Gasteiger charge is 2.37. The molecule has 3 aromatic rings. The Labute approximate surface area is 226 Å². The Bertz CT molecular complexity index is 1430. The second-order valence-electron chi connectivity index (χ2n) is 7.73. The topological polar surface area (TPSA) is 84.9 Å². The number of carbonyl (C=O) groups is 3. The summed E-state index contributed by atoms with van der Waals surface area (Å²) < 4.78 is 24.7. The van der Waals surface area contributed by atoms with Gasteiger partial charge in [0.25, 0.3) is 11.8 Å². The van der Waals surface area contributed by atoms with Crippen molar-refractivity contribution < 1.29 is 28.2 Å². The van der Waals surface area contributed by atoms with Crippen molar-refractivity contribution >= 4 is 64.4 Å². The third-order valence-corrected chi connectivity index (χ3v) is 6.22. The zero-order valence-corrected chi connectivity index (χ0v) is 21.5. The van der Waals surface area contributed by atoms with E-state index in [4.69, 9.17) is 44.3 Å². The van der Waals surface area contributed by atoms with Gasteiger partial charge in [-0.3, -0.25) is 14.9 Å². The van der Waals surface area contributed by atoms with Crippen LogP contribution in [-0.4, -0.2) is 24.5 Å². The Morgan fingerprint density at radius 2 is 1.65 bits per heavy atom. The van der Waals surface area contributed by atoms with Crippen LogP contribution in [0.5, 0.6) is 11.5 Å². The fourth-order valence-corrected chi connectivity index (χ4v) is 4.06. The summed E-state index contributed by atoms with van der Waals surface area (Å²) in [6.07, 6.45) is 1.28. The number of nitrogens with one attached hydrogen (secondary N) is 1. The number of nitrogens with zero attached hydrogens (tertiary/aromatic N) is 1. The average molecular weight is 564 g/mol. The lowest BCUT2D eigenvalue weighted by Gasteiger charge is -2.26. The molecule has 0 saturated carbocycles. The summed E-state index contributed by atoms with van der Waals surface area (Å²) in [6, 6.07) is 12.1. The second-order valence-corrected chi connectivity index (χ2v) is 8.96. The predicted molar refractivity (Wildman–Crippen MR) is 139 cm³/mol. The molecule has 0 aromatic heterocycles. The molecule has 1 N–H and O–H groups in total. The van der Waals surface area contributed by atoms with Crippen LogP contribution in [0.2, 0.25) is 15.1 Å². The Kier molecular flexibility index (Phi) is 8.02. The van der Waals surface area contributed by atoms with Crippen molar-refractivity contribution in [3.05, 3.63) is 92.2 Å². The smallest absolute Gasteiger partial charge is 0.335 e. The predicted octanol–water partition coefficient (Wildman–Crippen LogP) is 6.43. The van der Waals surface area contributed by atoms with Gasteiger partial charge in [-0.05, 0) is 66.6 Å². The Morgan fingerprint density at radius 1 is 0.919 bits per heavy atom. The molecule has 0 spiro atoms. The van der Waals surface area contributed by atoms with E-state index in [-0.39, 0.29) is 56.9 Å². The number of amides is 4. The summed E-state index contributed by atoms with van der Waals surface area (Å²) in [5.41, 5.74) is 0.879. The summed E-state index contributed by atoms with van der Waals surface area (Å²) in [7, 11) is 0. The van der Waals surface area contributed by atoms with E-state index in [1.807, 2.05) is 0 Å². The van der Waals surface area contributed by atoms with Crippen LogP contribution in [0, 0.1) is 5.82 Å². The molecule has 1 aliphatic rings. The number of anilines is 1. The number of carbonyl (C=O) groups excluding carboxylic acids is 3. The first kappa shape index (κ1) is 26.5. The van der Waals surface area contributed by atoms with Crippen molar-refractivity contribution in [2.24, 2.45) is 0 Å². The quantitative estimate of drug-likeness (QED) is 0.265. The molecule has 4 rings (SSSR count). The van der Waals surface area contributed by atoms with Gasteiger partial charge >= 0.3 is 6.03 Å². The molecule has 0 radical (unpaired) electrons. The average Bonchev–Trinajstić information content (AvgIpc) is 2.84. The minimum absolute atomic E-state index is 0.0993. The highest BCUT2D eigenvalue weighted by atomic mass is 35.5. The molecule has 37 heavy (non-hydrogen) atoms. The van der Waals surface area contributed by atoms with Gasteiger partial charge in [0, 0.05) is 0 Å². The molecule has 1 fully saturated rings. The lowest BCUT2D eigenvalue weighted by atomic mass is 10.1. The van der Waals surface area contributed by atoms with E-state index in [0.717, 1.165) is 4.90 Å². The van der Waals surface area contributed by atoms with Crippen molar-refractivity contribution in [3.63, 3.8) is 0 Å². The van der Waals surface area contributed by atoms with E-state index in [1.165, 1.54) is 42.5 Å². The molecule has 0 aliphatic carbocycles. The molecule has 11 heteroatoms. The molecular formula is C26H18Cl3FN2O5. The van der Waals surface area contributed by atoms with Crippen molar-refractivity contribution in [1.29, 1.82) is 0 Å². The largest absolute Gasteiger partial charge is 0.490 e. The van der Waals surface area contributed by atoms with E-state index >= 15 is 0 Å². The minimum Gasteiger partial charge on any atom is -0.490 e. The number of rotatable bonds is 7. The molecule has 0 unspecified atom stereocenters. The molecule has 0 bridgehead atoms. The van der Waals surface area contributed by atoms with E-state index in [0.29, 0.717) is 11.1 Å². The Balaban J connectivity index is 1.66. The van der Waals surface area contributed by atoms with Crippen LogP contribution in [0.3, 0.4) is 0 Å². The maximum atomic E-state index is 13.2. The van der Waals surface area contributed by atoms with Crippen LogP contribution in [0.15, 0.2) is 60.2 Å². The number of hydrogen-bond donors (Lipinski definition) is 1. The van der Waals surface area contributed by atoms with E-state index in [2.05, 4.69) is 5.32 Å². The summed E-state index contributed by atoms with van der Waals surface area (Å²) >= 11 is 18.4. The normalized spacial score (nSPS) is 14.7. The third-order valence-electron chi connectivity index (χ3n) is 5.20. The first-order valence-electron chi connectivity index (χ1n) is 10.9. The number of barbiturate groups is 1. The fourth-order valence-electron chi connectivity index (χ4n) is 3.49. The summed E-state index contributed by atoms with van der Waals surface area (Å²) in [4.78, 5) is 39.0. The van der Waals surface area contributed by atoms with Crippen LogP contribution in [-0.2, 0) is 16.2 Å². The number of benzene rings is 3. The lowest BCUT2D eigenvalue weighted by Crippen LogP contribution is -2.54. The molecule has 3 aromatic carbocycles. The summed E-state index contributed by atoms with van der Waals surface area (Å²) in [6.45, 7) is 2.14. The molecule has 0 atom stereocenters. The molecule has 7 nitrogen and oxygen atoms in total. The summed E-state index contributed by atoms with van der Waals surface area (Å²) in [5.74, 6) is -1.60. The van der Waals surface area contributed by atoms with Crippen LogP contribution in [0.25, 0.3) is 6.08 Å². The van der Waals surface area contributed by atoms with Gasteiger partial charge in [0.1, 0.15) is 18.0 Å². The Hall–Kier alpha value is -3.59. The zero-order valence-electron chi connectivity index (χ0n) is 19.2. The molecule has 1 heterocycles. The van der Waals surface area contributed by atoms with Crippen molar-refractivity contribution in [2.45, 2.75) is 13.5 Å². The van der Waals surface area contributed by atoms with Gasteiger partial charge in [-0.2, -0.15) is 0 Å². The van der Waals surface area contributed by atoms with Crippen LogP contribution in [0.4, 0.5) is 14.9 Å². The fraction of sp³-hybridized carbons (Fsp3) is 0.115. The first-order valence-corrected chi connectivity index (χ1v) is 12.0. The third kappa shape index (κ3) is 5.88. The van der Waals surface area contributed by atoms with Gasteiger partial charge in [0.2, 0.25) is 0 Å². The molecule has 1 saturated heterocycles. The zero-order chi connectivity index (χ0) is 26.7. The van der Waals surface area contributed by atoms with E-state index < -0.39 is 17.8 Å². The summed E-state index contributed by atoms with van der Waals surface area (Å²) in [5, 5.41) is 2.66. The van der Waals surface area contributed by atoms with Gasteiger partial charge in [0.15, 0.2) is 11.5 Å². The van der Waals surface area contributed by atoms with Crippen molar-refractivity contribution in [3.8, 4) is 11.5 Å². The van der Waals surface area contributed by atoms with Crippen molar-refractivity contribution in [2.75, 3.05) is 11.5 Å². The maximum Gasteiger partial charge on any atom is 0.335 e. The van der Waals surface area contributed by atoms with Gasteiger partial charge < -0.3 is 9.47 Å². The number of hydrogen-bond acceptors (Lipinski definition) is 5. The van der Waals surface area contributed by atoms with Crippen LogP contribution < -0.4 is 19.7 Å². The van der Waals surface area contributed by atoms with Gasteiger partial charge in [-0.1, -0.05) is 46.9 Å². The maximum absolute atomic E-state index is 13.2. The number of imide groups is 2. The number of urea groups is 1. The number of ether oxygens (including phenoxy) is 2. The van der Waals surface area contributed by atoms with Gasteiger partial charge in [0.05, 0.1) is 27.4 Å². The van der Waals surface area contributed by atoms with Gasteiger partial charge in [-0.25, -0.2) is 14.1 Å².